The van der Waals surface area contributed by atoms with Gasteiger partial charge in [-0.15, -0.1) is 0 Å². The van der Waals surface area contributed by atoms with Crippen LogP contribution < -0.4 is 0 Å². The predicted molar refractivity (Wildman–Crippen MR) is 168 cm³/mol. The van der Waals surface area contributed by atoms with Gasteiger partial charge in [0.05, 0.1) is 11.0 Å². The Morgan fingerprint density at radius 3 is 1.27 bits per heavy atom. The van der Waals surface area contributed by atoms with Crippen molar-refractivity contribution in [2.24, 2.45) is 0 Å². The summed E-state index contributed by atoms with van der Waals surface area (Å²) in [6.45, 7) is 0. The molecule has 2 nitrogen and oxygen atoms in total. The van der Waals surface area contributed by atoms with E-state index in [2.05, 4.69) is 167 Å². The van der Waals surface area contributed by atoms with Crippen molar-refractivity contribution in [2.75, 3.05) is 0 Å². The second-order valence-corrected chi connectivity index (χ2v) is 10.2. The summed E-state index contributed by atoms with van der Waals surface area (Å²) in [5, 5.41) is 3.80. The summed E-state index contributed by atoms with van der Waals surface area (Å²) in [6.07, 6.45) is 0. The minimum atomic E-state index is 1.14. The molecule has 2 heteroatoms. The Balaban J connectivity index is 1.54. The molecule has 0 aliphatic heterocycles. The second kappa shape index (κ2) is 9.14. The molecular weight excluding hydrogens is 484 g/mol. The zero-order valence-electron chi connectivity index (χ0n) is 21.9. The van der Waals surface area contributed by atoms with Crippen molar-refractivity contribution < 1.29 is 0 Å². The number of nitrogens with zero attached hydrogens (tertiary/aromatic N) is 2. The first kappa shape index (κ1) is 22.6. The van der Waals surface area contributed by atoms with Crippen LogP contribution in [-0.4, -0.2) is 9.13 Å². The van der Waals surface area contributed by atoms with Gasteiger partial charge >= 0.3 is 0 Å². The van der Waals surface area contributed by atoms with Gasteiger partial charge in [0.2, 0.25) is 0 Å². The second-order valence-electron chi connectivity index (χ2n) is 10.2. The van der Waals surface area contributed by atoms with Crippen LogP contribution in [0.3, 0.4) is 0 Å². The molecule has 0 aliphatic rings. The Bertz CT molecular complexity index is 2080. The van der Waals surface area contributed by atoms with Gasteiger partial charge in [0.25, 0.3) is 0 Å². The van der Waals surface area contributed by atoms with Gasteiger partial charge in [0.1, 0.15) is 5.65 Å². The molecule has 0 saturated heterocycles. The maximum Gasteiger partial charge on any atom is 0.131 e. The van der Waals surface area contributed by atoms with Crippen LogP contribution in [0, 0.1) is 0 Å². The van der Waals surface area contributed by atoms with Crippen molar-refractivity contribution in [1.82, 2.24) is 9.13 Å². The van der Waals surface area contributed by atoms with Gasteiger partial charge in [-0.25, -0.2) is 0 Å². The number of hydrogen-bond donors (Lipinski definition) is 0. The van der Waals surface area contributed by atoms with Crippen molar-refractivity contribution in [3.05, 3.63) is 158 Å². The molecule has 8 aromatic rings. The summed E-state index contributed by atoms with van der Waals surface area (Å²) < 4.78 is 4.87. The monoisotopic (exact) mass is 510 g/mol. The van der Waals surface area contributed by atoms with Crippen molar-refractivity contribution in [3.8, 4) is 33.6 Å². The smallest absolute Gasteiger partial charge is 0.131 e. The van der Waals surface area contributed by atoms with Crippen LogP contribution in [0.25, 0.3) is 66.5 Å². The van der Waals surface area contributed by atoms with Gasteiger partial charge in [0, 0.05) is 27.5 Å². The third kappa shape index (κ3) is 3.50. The largest absolute Gasteiger partial charge is 0.295 e. The Morgan fingerprint density at radius 2 is 0.750 bits per heavy atom. The summed E-state index contributed by atoms with van der Waals surface area (Å²) in [6, 6.07) is 56.6. The summed E-state index contributed by atoms with van der Waals surface area (Å²) >= 11 is 0. The number of aromatic nitrogens is 2. The van der Waals surface area contributed by atoms with Crippen molar-refractivity contribution >= 4 is 32.8 Å². The number of fused-ring (bicyclic) bond motifs is 5. The molecule has 188 valence electrons. The van der Waals surface area contributed by atoms with E-state index in [1.165, 1.54) is 55.1 Å². The third-order valence-electron chi connectivity index (χ3n) is 7.88. The van der Waals surface area contributed by atoms with Crippen LogP contribution in [-0.2, 0) is 0 Å². The van der Waals surface area contributed by atoms with Gasteiger partial charge in [0.15, 0.2) is 0 Å². The quantitative estimate of drug-likeness (QED) is 0.223. The average Bonchev–Trinajstić information content (AvgIpc) is 3.55. The summed E-state index contributed by atoms with van der Waals surface area (Å²) in [7, 11) is 0. The highest BCUT2D eigenvalue weighted by atomic mass is 15.1. The minimum absolute atomic E-state index is 1.14. The van der Waals surface area contributed by atoms with Crippen molar-refractivity contribution in [3.63, 3.8) is 0 Å². The van der Waals surface area contributed by atoms with Gasteiger partial charge in [-0.1, -0.05) is 115 Å². The Morgan fingerprint density at radius 1 is 0.325 bits per heavy atom. The molecule has 0 radical (unpaired) electrons. The van der Waals surface area contributed by atoms with Crippen LogP contribution in [0.15, 0.2) is 158 Å². The number of rotatable bonds is 4. The van der Waals surface area contributed by atoms with E-state index in [4.69, 9.17) is 0 Å². The first-order valence-corrected chi connectivity index (χ1v) is 13.7. The lowest BCUT2D eigenvalue weighted by molar-refractivity contribution is 1.07. The minimum Gasteiger partial charge on any atom is -0.295 e. The van der Waals surface area contributed by atoms with Crippen LogP contribution in [0.1, 0.15) is 0 Å². The lowest BCUT2D eigenvalue weighted by atomic mass is 9.98. The average molecular weight is 511 g/mol. The van der Waals surface area contributed by atoms with Crippen LogP contribution in [0.4, 0.5) is 0 Å². The lowest BCUT2D eigenvalue weighted by Crippen LogP contribution is -2.02. The first-order chi connectivity index (χ1) is 19.9. The van der Waals surface area contributed by atoms with E-state index in [0.29, 0.717) is 0 Å². The molecule has 0 aliphatic carbocycles. The van der Waals surface area contributed by atoms with E-state index >= 15 is 0 Å². The van der Waals surface area contributed by atoms with Crippen LogP contribution in [0.5, 0.6) is 0 Å². The van der Waals surface area contributed by atoms with E-state index in [0.717, 1.165) is 11.4 Å². The molecule has 0 spiro atoms. The molecule has 0 unspecified atom stereocenters. The molecule has 0 N–H and O–H groups in total. The van der Waals surface area contributed by atoms with E-state index < -0.39 is 0 Å². The van der Waals surface area contributed by atoms with Crippen LogP contribution >= 0.6 is 0 Å². The maximum atomic E-state index is 2.45. The number of hydrogen-bond acceptors (Lipinski definition) is 0. The molecule has 0 atom stereocenters. The highest BCUT2D eigenvalue weighted by molar-refractivity contribution is 6.22. The van der Waals surface area contributed by atoms with Crippen LogP contribution in [0.2, 0.25) is 0 Å². The predicted octanol–water partition coefficient (Wildman–Crippen LogP) is 10.1. The fourth-order valence-electron chi connectivity index (χ4n) is 6.13. The standard InChI is InChI=1S/C38H26N2/c1-4-14-27(15-5-1)29-24-30(28-16-6-2-7-17-28)26-32(25-29)40-36-23-13-11-21-34(36)37-33-20-10-12-22-35(33)39(38(37)40)31-18-8-3-9-19-31/h1-26H. The lowest BCUT2D eigenvalue weighted by Gasteiger charge is -2.16. The molecule has 2 aromatic heterocycles. The van der Waals surface area contributed by atoms with Gasteiger partial charge < -0.3 is 0 Å². The highest BCUT2D eigenvalue weighted by Gasteiger charge is 2.22. The van der Waals surface area contributed by atoms with Gasteiger partial charge in [-0.05, 0) is 64.7 Å². The summed E-state index contributed by atoms with van der Waals surface area (Å²) in [4.78, 5) is 0. The summed E-state index contributed by atoms with van der Waals surface area (Å²) in [5.74, 6) is 0. The molecule has 40 heavy (non-hydrogen) atoms. The number of benzene rings is 6. The SMILES string of the molecule is c1ccc(-c2cc(-c3ccccc3)cc(-n3c4ccccc4c4c5ccccc5n(-c5ccccc5)c43)c2)cc1. The zero-order valence-corrected chi connectivity index (χ0v) is 21.9. The molecule has 0 amide bonds. The molecule has 0 saturated carbocycles. The normalized spacial score (nSPS) is 11.5. The van der Waals surface area contributed by atoms with E-state index in [-0.39, 0.29) is 0 Å². The van der Waals surface area contributed by atoms with Crippen molar-refractivity contribution in [1.29, 1.82) is 0 Å². The fourth-order valence-corrected chi connectivity index (χ4v) is 6.13. The topological polar surface area (TPSA) is 9.86 Å². The highest BCUT2D eigenvalue weighted by Crippen LogP contribution is 2.41. The Kier molecular flexibility index (Phi) is 5.17. The fraction of sp³-hybridized carbons (Fsp3) is 0. The Hall–Kier alpha value is -5.34. The van der Waals surface area contributed by atoms with Gasteiger partial charge in [-0.2, -0.15) is 0 Å². The summed E-state index contributed by atoms with van der Waals surface area (Å²) in [5.41, 5.74) is 10.7. The molecule has 8 rings (SSSR count). The third-order valence-corrected chi connectivity index (χ3v) is 7.88. The molecule has 2 heterocycles. The molecular formula is C38H26N2. The maximum absolute atomic E-state index is 2.45. The molecule has 6 aromatic carbocycles. The molecule has 0 fully saturated rings. The van der Waals surface area contributed by atoms with Gasteiger partial charge in [-0.3, -0.25) is 9.13 Å². The molecule has 0 bridgehead atoms. The van der Waals surface area contributed by atoms with E-state index in [1.54, 1.807) is 0 Å². The van der Waals surface area contributed by atoms with Crippen molar-refractivity contribution in [2.45, 2.75) is 0 Å². The zero-order chi connectivity index (χ0) is 26.5. The first-order valence-electron chi connectivity index (χ1n) is 13.7. The Labute approximate surface area is 233 Å². The van der Waals surface area contributed by atoms with E-state index in [1.807, 2.05) is 0 Å². The number of para-hydroxylation sites is 3. The van der Waals surface area contributed by atoms with E-state index in [9.17, 15) is 0 Å².